The van der Waals surface area contributed by atoms with Crippen molar-refractivity contribution in [1.29, 1.82) is 0 Å². The maximum absolute atomic E-state index is 11.2. The van der Waals surface area contributed by atoms with Crippen LogP contribution in [0.5, 0.6) is 0 Å². The number of rotatable bonds is 3. The highest BCUT2D eigenvalue weighted by Gasteiger charge is 2.22. The minimum Gasteiger partial charge on any atom is -0.478 e. The maximum Gasteiger partial charge on any atom is 0.337 e. The van der Waals surface area contributed by atoms with E-state index in [4.69, 9.17) is 0 Å². The van der Waals surface area contributed by atoms with Crippen LogP contribution in [0.2, 0.25) is 0 Å². The SMILES string of the molecule is O=C(O)c1ccccc1NC1Cc2ccccc2C1. The van der Waals surface area contributed by atoms with E-state index in [0.717, 1.165) is 12.8 Å². The first kappa shape index (κ1) is 11.8. The molecule has 3 nitrogen and oxygen atoms in total. The molecule has 2 N–H and O–H groups in total. The van der Waals surface area contributed by atoms with Gasteiger partial charge in [-0.25, -0.2) is 4.79 Å². The monoisotopic (exact) mass is 253 g/mol. The van der Waals surface area contributed by atoms with Crippen LogP contribution in [0.4, 0.5) is 5.69 Å². The fourth-order valence-corrected chi connectivity index (χ4v) is 2.68. The predicted molar refractivity (Wildman–Crippen MR) is 74.7 cm³/mol. The van der Waals surface area contributed by atoms with E-state index in [9.17, 15) is 9.90 Å². The molecule has 0 aliphatic heterocycles. The van der Waals surface area contributed by atoms with Gasteiger partial charge < -0.3 is 10.4 Å². The number of carbonyl (C=O) groups is 1. The molecule has 1 aliphatic rings. The lowest BCUT2D eigenvalue weighted by Gasteiger charge is -2.15. The molecule has 0 amide bonds. The van der Waals surface area contributed by atoms with Crippen LogP contribution < -0.4 is 5.32 Å². The third-order valence-corrected chi connectivity index (χ3v) is 3.57. The fraction of sp³-hybridized carbons (Fsp3) is 0.188. The number of carboxylic acids is 1. The van der Waals surface area contributed by atoms with E-state index in [2.05, 4.69) is 17.4 Å². The predicted octanol–water partition coefficient (Wildman–Crippen LogP) is 2.96. The third kappa shape index (κ3) is 2.32. The molecular formula is C16H15NO2. The number of hydrogen-bond acceptors (Lipinski definition) is 2. The number of aromatic carboxylic acids is 1. The van der Waals surface area contributed by atoms with Gasteiger partial charge in [0, 0.05) is 11.7 Å². The van der Waals surface area contributed by atoms with Crippen molar-refractivity contribution < 1.29 is 9.90 Å². The Hall–Kier alpha value is -2.29. The molecule has 1 aliphatic carbocycles. The standard InChI is InChI=1S/C16H15NO2/c18-16(19)14-7-3-4-8-15(14)17-13-9-11-5-1-2-6-12(11)10-13/h1-8,13,17H,9-10H2,(H,18,19). The normalized spacial score (nSPS) is 14.1. The van der Waals surface area contributed by atoms with Gasteiger partial charge in [0.25, 0.3) is 0 Å². The second-order valence-electron chi connectivity index (χ2n) is 4.87. The summed E-state index contributed by atoms with van der Waals surface area (Å²) in [7, 11) is 0. The van der Waals surface area contributed by atoms with Crippen LogP contribution in [-0.2, 0) is 12.8 Å². The Bertz CT molecular complexity index is 597. The number of fused-ring (bicyclic) bond motifs is 1. The summed E-state index contributed by atoms with van der Waals surface area (Å²) >= 11 is 0. The molecule has 0 saturated carbocycles. The summed E-state index contributed by atoms with van der Waals surface area (Å²) in [6.07, 6.45) is 1.90. The number of carboxylic acid groups (broad SMARTS) is 1. The lowest BCUT2D eigenvalue weighted by atomic mass is 10.1. The van der Waals surface area contributed by atoms with Crippen LogP contribution in [0.15, 0.2) is 48.5 Å². The van der Waals surface area contributed by atoms with Gasteiger partial charge in [0.15, 0.2) is 0 Å². The van der Waals surface area contributed by atoms with Crippen molar-refractivity contribution >= 4 is 11.7 Å². The molecule has 2 aromatic carbocycles. The van der Waals surface area contributed by atoms with Gasteiger partial charge in [-0.2, -0.15) is 0 Å². The Morgan fingerprint density at radius 1 is 1.00 bits per heavy atom. The van der Waals surface area contributed by atoms with Crippen LogP contribution in [0.3, 0.4) is 0 Å². The van der Waals surface area contributed by atoms with E-state index in [1.165, 1.54) is 11.1 Å². The van der Waals surface area contributed by atoms with Crippen molar-refractivity contribution in [3.8, 4) is 0 Å². The molecule has 2 aromatic rings. The van der Waals surface area contributed by atoms with E-state index < -0.39 is 5.97 Å². The Labute approximate surface area is 111 Å². The first-order chi connectivity index (χ1) is 9.24. The van der Waals surface area contributed by atoms with Crippen LogP contribution in [0, 0.1) is 0 Å². The van der Waals surface area contributed by atoms with Crippen molar-refractivity contribution in [2.45, 2.75) is 18.9 Å². The third-order valence-electron chi connectivity index (χ3n) is 3.57. The molecular weight excluding hydrogens is 238 g/mol. The Kier molecular flexibility index (Phi) is 2.95. The molecule has 0 atom stereocenters. The Balaban J connectivity index is 1.80. The van der Waals surface area contributed by atoms with Gasteiger partial charge in [-0.05, 0) is 36.1 Å². The van der Waals surface area contributed by atoms with Gasteiger partial charge in [0.05, 0.1) is 5.56 Å². The summed E-state index contributed by atoms with van der Waals surface area (Å²) in [5.41, 5.74) is 3.74. The first-order valence-corrected chi connectivity index (χ1v) is 6.39. The van der Waals surface area contributed by atoms with Crippen molar-refractivity contribution in [3.05, 3.63) is 65.2 Å². The van der Waals surface area contributed by atoms with Gasteiger partial charge in [-0.15, -0.1) is 0 Å². The van der Waals surface area contributed by atoms with Crippen molar-refractivity contribution in [2.75, 3.05) is 5.32 Å². The zero-order valence-corrected chi connectivity index (χ0v) is 10.5. The number of benzene rings is 2. The highest BCUT2D eigenvalue weighted by molar-refractivity contribution is 5.94. The fourth-order valence-electron chi connectivity index (χ4n) is 2.68. The Morgan fingerprint density at radius 3 is 2.21 bits per heavy atom. The van der Waals surface area contributed by atoms with Gasteiger partial charge in [-0.1, -0.05) is 36.4 Å². The van der Waals surface area contributed by atoms with Crippen LogP contribution >= 0.6 is 0 Å². The smallest absolute Gasteiger partial charge is 0.337 e. The molecule has 19 heavy (non-hydrogen) atoms. The second kappa shape index (κ2) is 4.76. The van der Waals surface area contributed by atoms with Gasteiger partial charge in [-0.3, -0.25) is 0 Å². The quantitative estimate of drug-likeness (QED) is 0.884. The lowest BCUT2D eigenvalue weighted by Crippen LogP contribution is -2.21. The summed E-state index contributed by atoms with van der Waals surface area (Å²) in [6, 6.07) is 15.7. The summed E-state index contributed by atoms with van der Waals surface area (Å²) in [5.74, 6) is -0.890. The maximum atomic E-state index is 11.2. The van der Waals surface area contributed by atoms with Crippen LogP contribution in [0.25, 0.3) is 0 Å². The molecule has 3 rings (SSSR count). The van der Waals surface area contributed by atoms with Crippen LogP contribution in [0.1, 0.15) is 21.5 Å². The number of anilines is 1. The number of hydrogen-bond donors (Lipinski definition) is 2. The van der Waals surface area contributed by atoms with Crippen molar-refractivity contribution in [2.24, 2.45) is 0 Å². The Morgan fingerprint density at radius 2 is 1.58 bits per heavy atom. The number of nitrogens with one attached hydrogen (secondary N) is 1. The molecule has 0 spiro atoms. The highest BCUT2D eigenvalue weighted by atomic mass is 16.4. The zero-order valence-electron chi connectivity index (χ0n) is 10.5. The first-order valence-electron chi connectivity index (χ1n) is 6.39. The molecule has 0 aromatic heterocycles. The van der Waals surface area contributed by atoms with Gasteiger partial charge in [0.2, 0.25) is 0 Å². The second-order valence-corrected chi connectivity index (χ2v) is 4.87. The average Bonchev–Trinajstić information content (AvgIpc) is 2.81. The molecule has 0 heterocycles. The minimum absolute atomic E-state index is 0.276. The lowest BCUT2D eigenvalue weighted by molar-refractivity contribution is 0.0698. The highest BCUT2D eigenvalue weighted by Crippen LogP contribution is 2.25. The van der Waals surface area contributed by atoms with Gasteiger partial charge in [0.1, 0.15) is 0 Å². The summed E-state index contributed by atoms with van der Waals surface area (Å²) < 4.78 is 0. The number of para-hydroxylation sites is 1. The topological polar surface area (TPSA) is 49.3 Å². The zero-order chi connectivity index (χ0) is 13.2. The molecule has 0 bridgehead atoms. The summed E-state index contributed by atoms with van der Waals surface area (Å²) in [4.78, 5) is 11.2. The molecule has 0 unspecified atom stereocenters. The van der Waals surface area contributed by atoms with E-state index in [-0.39, 0.29) is 6.04 Å². The van der Waals surface area contributed by atoms with Crippen molar-refractivity contribution in [1.82, 2.24) is 0 Å². The molecule has 0 saturated heterocycles. The average molecular weight is 253 g/mol. The molecule has 96 valence electrons. The van der Waals surface area contributed by atoms with E-state index in [1.807, 2.05) is 24.3 Å². The molecule has 0 fully saturated rings. The van der Waals surface area contributed by atoms with E-state index >= 15 is 0 Å². The minimum atomic E-state index is -0.890. The van der Waals surface area contributed by atoms with E-state index in [1.54, 1.807) is 12.1 Å². The van der Waals surface area contributed by atoms with Crippen LogP contribution in [-0.4, -0.2) is 17.1 Å². The summed E-state index contributed by atoms with van der Waals surface area (Å²) in [6.45, 7) is 0. The van der Waals surface area contributed by atoms with E-state index in [0.29, 0.717) is 11.3 Å². The van der Waals surface area contributed by atoms with Gasteiger partial charge >= 0.3 is 5.97 Å². The molecule has 3 heteroatoms. The summed E-state index contributed by atoms with van der Waals surface area (Å²) in [5, 5.41) is 12.5. The molecule has 0 radical (unpaired) electrons. The van der Waals surface area contributed by atoms with Crippen molar-refractivity contribution in [3.63, 3.8) is 0 Å². The largest absolute Gasteiger partial charge is 0.478 e.